The monoisotopic (exact) mass is 278 g/mol. The Labute approximate surface area is 119 Å². The van der Waals surface area contributed by atoms with E-state index in [2.05, 4.69) is 9.88 Å². The number of rotatable bonds is 4. The molecule has 2 unspecified atom stereocenters. The molecule has 0 saturated heterocycles. The van der Waals surface area contributed by atoms with E-state index in [0.29, 0.717) is 29.9 Å². The van der Waals surface area contributed by atoms with E-state index in [9.17, 15) is 10.1 Å². The standard InChI is InChI=1S/C14H22N4O2/c1-10-9-16-14(7-13(10)18(19)20)17(2)12-6-4-3-5-11(12)8-15/h7,9,11-12H,3-6,8,15H2,1-2H3. The number of hydrogen-bond donors (Lipinski definition) is 1. The fraction of sp³-hybridized carbons (Fsp3) is 0.643. The summed E-state index contributed by atoms with van der Waals surface area (Å²) in [5.41, 5.74) is 6.57. The fourth-order valence-corrected chi connectivity index (χ4v) is 3.03. The normalized spacial score (nSPS) is 22.6. The van der Waals surface area contributed by atoms with Gasteiger partial charge in [-0.25, -0.2) is 4.98 Å². The van der Waals surface area contributed by atoms with Gasteiger partial charge < -0.3 is 10.6 Å². The quantitative estimate of drug-likeness (QED) is 0.674. The first-order chi connectivity index (χ1) is 9.54. The van der Waals surface area contributed by atoms with Crippen LogP contribution >= 0.6 is 0 Å². The zero-order valence-electron chi connectivity index (χ0n) is 12.1. The smallest absolute Gasteiger partial charge is 0.277 e. The van der Waals surface area contributed by atoms with E-state index in [1.54, 1.807) is 19.2 Å². The molecular formula is C14H22N4O2. The summed E-state index contributed by atoms with van der Waals surface area (Å²) < 4.78 is 0. The Bertz CT molecular complexity index is 492. The SMILES string of the molecule is Cc1cnc(N(C)C2CCCCC2CN)cc1[N+](=O)[O-]. The Kier molecular flexibility index (Phi) is 4.54. The van der Waals surface area contributed by atoms with Gasteiger partial charge in [0.25, 0.3) is 5.69 Å². The number of hydrogen-bond acceptors (Lipinski definition) is 5. The van der Waals surface area contributed by atoms with Gasteiger partial charge in [-0.1, -0.05) is 12.8 Å². The van der Waals surface area contributed by atoms with Gasteiger partial charge in [-0.05, 0) is 32.2 Å². The largest absolute Gasteiger partial charge is 0.356 e. The Balaban J connectivity index is 2.25. The van der Waals surface area contributed by atoms with Crippen LogP contribution in [0.3, 0.4) is 0 Å². The zero-order valence-corrected chi connectivity index (χ0v) is 12.1. The summed E-state index contributed by atoms with van der Waals surface area (Å²) in [5, 5.41) is 11.0. The Morgan fingerprint density at radius 3 is 2.85 bits per heavy atom. The molecule has 0 aliphatic heterocycles. The van der Waals surface area contributed by atoms with Crippen LogP contribution in [0.25, 0.3) is 0 Å². The maximum absolute atomic E-state index is 11.0. The van der Waals surface area contributed by atoms with E-state index in [1.165, 1.54) is 12.8 Å². The Morgan fingerprint density at radius 1 is 1.50 bits per heavy atom. The van der Waals surface area contributed by atoms with E-state index in [4.69, 9.17) is 5.73 Å². The maximum Gasteiger partial charge on any atom is 0.277 e. The molecule has 1 aromatic rings. The van der Waals surface area contributed by atoms with Crippen molar-refractivity contribution >= 4 is 11.5 Å². The molecule has 20 heavy (non-hydrogen) atoms. The van der Waals surface area contributed by atoms with Crippen molar-refractivity contribution in [1.82, 2.24) is 4.98 Å². The Hall–Kier alpha value is -1.69. The summed E-state index contributed by atoms with van der Waals surface area (Å²) in [5.74, 6) is 1.10. The molecule has 0 aromatic carbocycles. The maximum atomic E-state index is 11.0. The molecule has 0 radical (unpaired) electrons. The van der Waals surface area contributed by atoms with Gasteiger partial charge in [-0.15, -0.1) is 0 Å². The molecule has 0 spiro atoms. The lowest BCUT2D eigenvalue weighted by Gasteiger charge is -2.38. The molecule has 2 atom stereocenters. The van der Waals surface area contributed by atoms with E-state index in [1.807, 2.05) is 7.05 Å². The second kappa shape index (κ2) is 6.17. The van der Waals surface area contributed by atoms with Crippen LogP contribution < -0.4 is 10.6 Å². The highest BCUT2D eigenvalue weighted by Crippen LogP contribution is 2.31. The molecule has 1 aliphatic rings. The lowest BCUT2D eigenvalue weighted by atomic mass is 9.83. The zero-order chi connectivity index (χ0) is 14.7. The summed E-state index contributed by atoms with van der Waals surface area (Å²) in [6.45, 7) is 2.36. The van der Waals surface area contributed by atoms with Gasteiger partial charge in [-0.2, -0.15) is 0 Å². The van der Waals surface area contributed by atoms with Gasteiger partial charge in [0.15, 0.2) is 0 Å². The number of nitro groups is 1. The van der Waals surface area contributed by atoms with Crippen LogP contribution in [0.15, 0.2) is 12.3 Å². The second-order valence-corrected chi connectivity index (χ2v) is 5.54. The summed E-state index contributed by atoms with van der Waals surface area (Å²) in [7, 11) is 1.96. The van der Waals surface area contributed by atoms with Gasteiger partial charge in [0.1, 0.15) is 5.82 Å². The Morgan fingerprint density at radius 2 is 2.20 bits per heavy atom. The third-order valence-electron chi connectivity index (χ3n) is 4.29. The van der Waals surface area contributed by atoms with Gasteiger partial charge in [0.2, 0.25) is 0 Å². The molecule has 6 nitrogen and oxygen atoms in total. The molecule has 1 fully saturated rings. The van der Waals surface area contributed by atoms with Gasteiger partial charge >= 0.3 is 0 Å². The molecule has 110 valence electrons. The lowest BCUT2D eigenvalue weighted by molar-refractivity contribution is -0.385. The first-order valence-electron chi connectivity index (χ1n) is 7.08. The molecule has 1 saturated carbocycles. The molecule has 1 heterocycles. The topological polar surface area (TPSA) is 85.3 Å². The van der Waals surface area contributed by atoms with Crippen LogP contribution in [0.1, 0.15) is 31.2 Å². The summed E-state index contributed by atoms with van der Waals surface area (Å²) in [6.07, 6.45) is 6.17. The number of aryl methyl sites for hydroxylation is 1. The minimum absolute atomic E-state index is 0.127. The third-order valence-corrected chi connectivity index (χ3v) is 4.29. The van der Waals surface area contributed by atoms with E-state index >= 15 is 0 Å². The summed E-state index contributed by atoms with van der Waals surface area (Å²) >= 11 is 0. The summed E-state index contributed by atoms with van der Waals surface area (Å²) in [4.78, 5) is 17.1. The molecule has 2 rings (SSSR count). The second-order valence-electron chi connectivity index (χ2n) is 5.54. The van der Waals surface area contributed by atoms with Crippen molar-refractivity contribution in [2.45, 2.75) is 38.6 Å². The van der Waals surface area contributed by atoms with Crippen molar-refractivity contribution in [3.63, 3.8) is 0 Å². The van der Waals surface area contributed by atoms with Gasteiger partial charge in [0.05, 0.1) is 11.0 Å². The highest BCUT2D eigenvalue weighted by Gasteiger charge is 2.28. The van der Waals surface area contributed by atoms with E-state index in [0.717, 1.165) is 12.8 Å². The van der Waals surface area contributed by atoms with E-state index < -0.39 is 0 Å². The average Bonchev–Trinajstić information content (AvgIpc) is 2.46. The summed E-state index contributed by atoms with van der Waals surface area (Å²) in [6, 6.07) is 1.89. The van der Waals surface area contributed by atoms with Crippen molar-refractivity contribution in [2.24, 2.45) is 11.7 Å². The van der Waals surface area contributed by atoms with Crippen LogP contribution in [0.5, 0.6) is 0 Å². The predicted octanol–water partition coefficient (Wildman–Crippen LogP) is 2.25. The molecule has 2 N–H and O–H groups in total. The number of nitrogens with zero attached hydrogens (tertiary/aromatic N) is 3. The molecule has 0 amide bonds. The number of pyridine rings is 1. The minimum Gasteiger partial charge on any atom is -0.356 e. The molecule has 1 aromatic heterocycles. The highest BCUT2D eigenvalue weighted by atomic mass is 16.6. The molecule has 0 bridgehead atoms. The molecular weight excluding hydrogens is 256 g/mol. The predicted molar refractivity (Wildman–Crippen MR) is 78.8 cm³/mol. The number of nitrogens with two attached hydrogens (primary N) is 1. The van der Waals surface area contributed by atoms with Crippen LogP contribution in [0.4, 0.5) is 11.5 Å². The number of anilines is 1. The lowest BCUT2D eigenvalue weighted by Crippen LogP contribution is -2.43. The number of aromatic nitrogens is 1. The molecule has 6 heteroatoms. The van der Waals surface area contributed by atoms with Crippen molar-refractivity contribution in [3.05, 3.63) is 27.9 Å². The molecule has 1 aliphatic carbocycles. The third kappa shape index (κ3) is 2.90. The van der Waals surface area contributed by atoms with E-state index in [-0.39, 0.29) is 10.6 Å². The first kappa shape index (κ1) is 14.7. The van der Waals surface area contributed by atoms with Crippen LogP contribution in [0, 0.1) is 23.0 Å². The van der Waals surface area contributed by atoms with Crippen LogP contribution in [0.2, 0.25) is 0 Å². The highest BCUT2D eigenvalue weighted by molar-refractivity contribution is 5.50. The van der Waals surface area contributed by atoms with Gasteiger partial charge in [-0.3, -0.25) is 10.1 Å². The van der Waals surface area contributed by atoms with Crippen LogP contribution in [-0.4, -0.2) is 29.5 Å². The van der Waals surface area contributed by atoms with Crippen molar-refractivity contribution in [1.29, 1.82) is 0 Å². The first-order valence-corrected chi connectivity index (χ1v) is 7.08. The van der Waals surface area contributed by atoms with Crippen molar-refractivity contribution in [2.75, 3.05) is 18.5 Å². The van der Waals surface area contributed by atoms with Crippen molar-refractivity contribution < 1.29 is 4.92 Å². The fourth-order valence-electron chi connectivity index (χ4n) is 3.03. The van der Waals surface area contributed by atoms with Crippen molar-refractivity contribution in [3.8, 4) is 0 Å². The average molecular weight is 278 g/mol. The van der Waals surface area contributed by atoms with Gasteiger partial charge in [0, 0.05) is 24.8 Å². The minimum atomic E-state index is -0.352. The van der Waals surface area contributed by atoms with Crippen LogP contribution in [-0.2, 0) is 0 Å².